The van der Waals surface area contributed by atoms with E-state index in [9.17, 15) is 58.5 Å². The molecular formula is C59H87N9O17. The minimum atomic E-state index is -2.00. The fourth-order valence-electron chi connectivity index (χ4n) is 8.95. The number of likely N-dealkylation sites (N-methyl/N-ethyl adjacent to an activating group) is 1. The molecule has 4 bridgehead atoms. The van der Waals surface area contributed by atoms with Crippen LogP contribution in [0.25, 0.3) is 0 Å². The first-order chi connectivity index (χ1) is 39.9. The minimum absolute atomic E-state index is 0.121. The van der Waals surface area contributed by atoms with Gasteiger partial charge in [-0.3, -0.25) is 38.4 Å². The summed E-state index contributed by atoms with van der Waals surface area (Å²) in [5, 5.41) is 55.1. The van der Waals surface area contributed by atoms with Crippen LogP contribution in [0.3, 0.4) is 0 Å². The molecule has 2 aromatic carbocycles. The molecule has 26 heteroatoms. The number of hydrogen-bond donors (Lipinski definition) is 11. The van der Waals surface area contributed by atoms with E-state index in [1.165, 1.54) is 52.1 Å². The molecule has 3 heterocycles. The van der Waals surface area contributed by atoms with Crippen LogP contribution in [0.1, 0.15) is 106 Å². The van der Waals surface area contributed by atoms with Crippen molar-refractivity contribution in [2.45, 2.75) is 167 Å². The van der Waals surface area contributed by atoms with Gasteiger partial charge in [-0.2, -0.15) is 0 Å². The lowest BCUT2D eigenvalue weighted by Gasteiger charge is -2.34. The van der Waals surface area contributed by atoms with E-state index < -0.39 is 162 Å². The van der Waals surface area contributed by atoms with Crippen molar-refractivity contribution >= 4 is 59.4 Å². The van der Waals surface area contributed by atoms with Crippen molar-refractivity contribution in [1.82, 2.24) is 47.4 Å². The maximum atomic E-state index is 15.3. The summed E-state index contributed by atoms with van der Waals surface area (Å²) in [6.45, 7) is 15.6. The van der Waals surface area contributed by atoms with Crippen LogP contribution in [0.4, 0.5) is 4.79 Å². The number of nitrogens with zero attached hydrogens (tertiary/aromatic N) is 1. The molecule has 0 spiro atoms. The predicted octanol–water partition coefficient (Wildman–Crippen LogP) is 0.110. The van der Waals surface area contributed by atoms with E-state index in [0.29, 0.717) is 12.0 Å². The largest absolute Gasteiger partial charge is 0.487 e. The van der Waals surface area contributed by atoms with Crippen molar-refractivity contribution in [3.63, 3.8) is 0 Å². The molecule has 11 N–H and O–H groups in total. The molecule has 13 atom stereocenters. The first-order valence-electron chi connectivity index (χ1n) is 28.5. The summed E-state index contributed by atoms with van der Waals surface area (Å²) in [4.78, 5) is 142. The summed E-state index contributed by atoms with van der Waals surface area (Å²) in [6, 6.07) is 3.90. The Bertz CT molecular complexity index is 2670. The molecule has 3 aliphatic heterocycles. The van der Waals surface area contributed by atoms with Gasteiger partial charge < -0.3 is 81.7 Å². The number of esters is 2. The van der Waals surface area contributed by atoms with Crippen LogP contribution in [0, 0.1) is 17.8 Å². The highest BCUT2D eigenvalue weighted by Gasteiger charge is 2.42. The molecule has 8 amide bonds. The number of ether oxygens (including phenoxy) is 4. The molecule has 2 aromatic rings. The molecule has 85 heavy (non-hydrogen) atoms. The van der Waals surface area contributed by atoms with Crippen LogP contribution in [0.2, 0.25) is 0 Å². The second-order valence-electron chi connectivity index (χ2n) is 22.9. The number of carbonyl (C=O) groups is 10. The Morgan fingerprint density at radius 3 is 2.07 bits per heavy atom. The van der Waals surface area contributed by atoms with Crippen LogP contribution in [0.5, 0.6) is 5.75 Å². The normalized spacial score (nSPS) is 26.4. The quantitative estimate of drug-likeness (QED) is 0.0640. The topological polar surface area (TPSA) is 368 Å². The van der Waals surface area contributed by atoms with Gasteiger partial charge in [0.05, 0.1) is 18.1 Å². The molecule has 470 valence electrons. The van der Waals surface area contributed by atoms with Gasteiger partial charge in [-0.15, -0.1) is 0 Å². The molecular weight excluding hydrogens is 1110 g/mol. The van der Waals surface area contributed by atoms with Gasteiger partial charge in [0, 0.05) is 32.6 Å². The smallest absolute Gasteiger partial charge is 0.407 e. The molecule has 0 radical (unpaired) electrons. The van der Waals surface area contributed by atoms with Crippen LogP contribution in [-0.4, -0.2) is 185 Å². The summed E-state index contributed by atoms with van der Waals surface area (Å²) >= 11 is 0. The molecule has 5 rings (SSSR count). The molecule has 3 aliphatic rings. The number of carbonyl (C=O) groups excluding carboxylic acids is 10. The summed E-state index contributed by atoms with van der Waals surface area (Å²) in [5.74, 6) is -11.5. The lowest BCUT2D eigenvalue weighted by atomic mass is 9.93. The summed E-state index contributed by atoms with van der Waals surface area (Å²) in [7, 11) is 1.29. The van der Waals surface area contributed by atoms with Crippen molar-refractivity contribution in [1.29, 1.82) is 0 Å². The van der Waals surface area contributed by atoms with E-state index in [1.807, 2.05) is 0 Å². The number of cyclic esters (lactones) is 1. The van der Waals surface area contributed by atoms with Crippen molar-refractivity contribution in [2.24, 2.45) is 17.8 Å². The summed E-state index contributed by atoms with van der Waals surface area (Å²) < 4.78 is 22.7. The van der Waals surface area contributed by atoms with Crippen LogP contribution in [0.15, 0.2) is 66.7 Å². The lowest BCUT2D eigenvalue weighted by Crippen LogP contribution is -2.61. The van der Waals surface area contributed by atoms with E-state index >= 15 is 4.79 Å². The predicted molar refractivity (Wildman–Crippen MR) is 308 cm³/mol. The minimum Gasteiger partial charge on any atom is -0.487 e. The average molecular weight is 1190 g/mol. The molecule has 1 fully saturated rings. The Morgan fingerprint density at radius 2 is 1.46 bits per heavy atom. The molecule has 26 nitrogen and oxygen atoms in total. The molecule has 1 unspecified atom stereocenters. The zero-order chi connectivity index (χ0) is 63.5. The second-order valence-corrected chi connectivity index (χ2v) is 22.9. The third-order valence-corrected chi connectivity index (χ3v) is 14.5. The number of amides is 8. The van der Waals surface area contributed by atoms with Gasteiger partial charge in [0.15, 0.2) is 6.04 Å². The van der Waals surface area contributed by atoms with Gasteiger partial charge in [0.2, 0.25) is 41.4 Å². The SMILES string of the molecule is CC[C@H](C)[C@H]1NC(=O)[C@@H](NC(=O)[C@H](C)[C@H](O)C(C)C)[C@@H](C)OC(=O)[C@@H]2COC(=O)CNC(=O)/C=C/[C@](O)(CNCCCNC(=O)OC(C)(C)C)[C@@H](C)Oc3ccc(cc3)[C@H](NC1=O)C(=O)N(C)C(Cc1ccccc1)C(=O)N[C@H]([C@@H](C)O)C(=O)N2. The number of aliphatic hydroxyl groups excluding tert-OH is 2. The fraction of sp³-hybridized carbons (Fsp3) is 0.593. The Hall–Kier alpha value is -7.68. The maximum absolute atomic E-state index is 15.3. The van der Waals surface area contributed by atoms with Crippen molar-refractivity contribution < 1.29 is 82.2 Å². The third-order valence-electron chi connectivity index (χ3n) is 14.5. The Labute approximate surface area is 496 Å². The van der Waals surface area contributed by atoms with Gasteiger partial charge in [-0.1, -0.05) is 83.5 Å². The highest BCUT2D eigenvalue weighted by atomic mass is 16.6. The Kier molecular flexibility index (Phi) is 26.3. The number of alkyl carbamates (subject to hydrolysis) is 1. The number of hydrogen-bond acceptors (Lipinski definition) is 18. The standard InChI is InChI=1S/C59H87N9O17/c1-13-33(4)45-52(75)67-48-39-20-22-40(23-21-39)84-37(8)59(81,31-60-26-17-27-61-57(80)85-58(9,10)11)25-24-43(70)62-29-44(71)82-30-41(56(79)83-36(7)47(54(77)64-45)66-50(73)34(5)49(72)32(2)3)63-53(76)46(35(6)69)65-51(74)42(68(12)55(48)78)28-38-18-15-14-16-19-38/h14-16,18-25,32-37,41-42,45-49,60,69,72,81H,13,17,26-31H2,1-12H3,(H,61,80)(H,62,70)(H,63,76)(H,64,77)(H,65,74)(H,66,73)(H,67,75)/b25-24+/t33-,34+,35+,36+,37+,41-,42?,45+,46+,47-,48-,49+,59-/m0/s1. The van der Waals surface area contributed by atoms with Crippen molar-refractivity contribution in [2.75, 3.05) is 39.8 Å². The first kappa shape index (κ1) is 69.8. The number of aliphatic hydroxyl groups is 3. The number of rotatable bonds is 15. The van der Waals surface area contributed by atoms with E-state index in [4.69, 9.17) is 18.9 Å². The van der Waals surface area contributed by atoms with Crippen molar-refractivity contribution in [3.8, 4) is 5.75 Å². The van der Waals surface area contributed by atoms with E-state index in [0.717, 1.165) is 24.0 Å². The Morgan fingerprint density at radius 1 is 0.824 bits per heavy atom. The molecule has 1 saturated heterocycles. The summed E-state index contributed by atoms with van der Waals surface area (Å²) in [6.07, 6.45) is -3.82. The van der Waals surface area contributed by atoms with Crippen LogP contribution < -0.4 is 47.3 Å². The van der Waals surface area contributed by atoms with Crippen LogP contribution in [-0.2, 0) is 63.8 Å². The Balaban J connectivity index is 1.96. The van der Waals surface area contributed by atoms with Gasteiger partial charge in [0.25, 0.3) is 0 Å². The maximum Gasteiger partial charge on any atom is 0.407 e. The third kappa shape index (κ3) is 21.1. The zero-order valence-corrected chi connectivity index (χ0v) is 50.5. The van der Waals surface area contributed by atoms with Crippen LogP contribution >= 0.6 is 0 Å². The highest BCUT2D eigenvalue weighted by Crippen LogP contribution is 2.26. The monoisotopic (exact) mass is 1190 g/mol. The molecule has 0 aliphatic carbocycles. The van der Waals surface area contributed by atoms with E-state index in [1.54, 1.807) is 78.8 Å². The molecule has 0 saturated carbocycles. The van der Waals surface area contributed by atoms with Gasteiger partial charge >= 0.3 is 18.0 Å². The first-order valence-corrected chi connectivity index (χ1v) is 28.5. The lowest BCUT2D eigenvalue weighted by molar-refractivity contribution is -0.160. The van der Waals surface area contributed by atoms with E-state index in [2.05, 4.69) is 42.5 Å². The van der Waals surface area contributed by atoms with E-state index in [-0.39, 0.29) is 43.8 Å². The fourth-order valence-corrected chi connectivity index (χ4v) is 8.95. The number of benzene rings is 2. The second kappa shape index (κ2) is 32.0. The average Bonchev–Trinajstić information content (AvgIpc) is 3.08. The number of fused-ring (bicyclic) bond motifs is 11. The van der Waals surface area contributed by atoms with Gasteiger partial charge in [-0.05, 0) is 95.7 Å². The van der Waals surface area contributed by atoms with Gasteiger partial charge in [0.1, 0.15) is 72.5 Å². The molecule has 0 aromatic heterocycles. The highest BCUT2D eigenvalue weighted by molar-refractivity contribution is 5.98. The number of nitrogens with one attached hydrogen (secondary N) is 8. The van der Waals surface area contributed by atoms with Gasteiger partial charge in [-0.25, -0.2) is 9.59 Å². The summed E-state index contributed by atoms with van der Waals surface area (Å²) in [5.41, 5.74) is -2.03. The van der Waals surface area contributed by atoms with Crippen molar-refractivity contribution in [3.05, 3.63) is 77.9 Å². The zero-order valence-electron chi connectivity index (χ0n) is 50.5.